The van der Waals surface area contributed by atoms with E-state index in [1.165, 1.54) is 50.9 Å². The largest absolute Gasteiger partial charge is 0.303 e. The molecule has 3 nitrogen and oxygen atoms in total. The maximum atomic E-state index is 4.55. The normalized spacial score (nSPS) is 18.7. The van der Waals surface area contributed by atoms with E-state index in [4.69, 9.17) is 0 Å². The highest BCUT2D eigenvalue weighted by Gasteiger charge is 2.20. The molecule has 0 radical (unpaired) electrons. The molecule has 0 aliphatic carbocycles. The number of nitrogens with zero attached hydrogens (tertiary/aromatic N) is 3. The first-order chi connectivity index (χ1) is 8.70. The molecular formula is C15H27N3. The van der Waals surface area contributed by atoms with E-state index in [2.05, 4.69) is 41.6 Å². The zero-order chi connectivity index (χ0) is 13.0. The summed E-state index contributed by atoms with van der Waals surface area (Å²) in [5.41, 5.74) is 1.36. The molecule has 0 saturated carbocycles. The standard InChI is InChI=1S/C15H27N3/c1-4-5-8-17-9-6-15(7-10-17)18-12-14(11-16-18)13(2)3/h11-13,15H,4-10H2,1-3H3. The monoisotopic (exact) mass is 249 g/mol. The van der Waals surface area contributed by atoms with Gasteiger partial charge in [-0.3, -0.25) is 4.68 Å². The molecule has 0 unspecified atom stereocenters. The average Bonchev–Trinajstić information content (AvgIpc) is 2.87. The van der Waals surface area contributed by atoms with Crippen molar-refractivity contribution in [3.8, 4) is 0 Å². The van der Waals surface area contributed by atoms with Gasteiger partial charge in [-0.2, -0.15) is 5.10 Å². The lowest BCUT2D eigenvalue weighted by atomic mass is 10.0. The van der Waals surface area contributed by atoms with Crippen LogP contribution in [0.15, 0.2) is 12.4 Å². The molecule has 3 heteroatoms. The van der Waals surface area contributed by atoms with E-state index in [9.17, 15) is 0 Å². The fourth-order valence-electron chi connectivity index (χ4n) is 2.64. The summed E-state index contributed by atoms with van der Waals surface area (Å²) in [5, 5.41) is 4.55. The van der Waals surface area contributed by atoms with Crippen LogP contribution >= 0.6 is 0 Å². The zero-order valence-corrected chi connectivity index (χ0v) is 12.1. The summed E-state index contributed by atoms with van der Waals surface area (Å²) in [4.78, 5) is 2.60. The van der Waals surface area contributed by atoms with Gasteiger partial charge >= 0.3 is 0 Å². The minimum atomic E-state index is 0.586. The van der Waals surface area contributed by atoms with Crippen molar-refractivity contribution in [1.29, 1.82) is 0 Å². The second kappa shape index (κ2) is 6.37. The Bertz CT molecular complexity index is 348. The third-order valence-corrected chi connectivity index (χ3v) is 4.05. The van der Waals surface area contributed by atoms with E-state index in [1.807, 2.05) is 6.20 Å². The van der Waals surface area contributed by atoms with Gasteiger partial charge in [-0.15, -0.1) is 0 Å². The summed E-state index contributed by atoms with van der Waals surface area (Å²) >= 11 is 0. The number of rotatable bonds is 5. The third kappa shape index (κ3) is 3.35. The van der Waals surface area contributed by atoms with Crippen LogP contribution < -0.4 is 0 Å². The number of hydrogen-bond donors (Lipinski definition) is 0. The molecule has 102 valence electrons. The topological polar surface area (TPSA) is 21.1 Å². The van der Waals surface area contributed by atoms with Gasteiger partial charge in [-0.05, 0) is 37.3 Å². The number of aromatic nitrogens is 2. The lowest BCUT2D eigenvalue weighted by Crippen LogP contribution is -2.35. The van der Waals surface area contributed by atoms with Crippen molar-refractivity contribution in [2.24, 2.45) is 0 Å². The highest BCUT2D eigenvalue weighted by Crippen LogP contribution is 2.23. The first kappa shape index (κ1) is 13.6. The molecule has 1 aromatic rings. The maximum absolute atomic E-state index is 4.55. The predicted molar refractivity (Wildman–Crippen MR) is 75.9 cm³/mol. The Morgan fingerprint density at radius 3 is 2.61 bits per heavy atom. The maximum Gasteiger partial charge on any atom is 0.0543 e. The van der Waals surface area contributed by atoms with Crippen LogP contribution in [0.2, 0.25) is 0 Å². The van der Waals surface area contributed by atoms with Crippen LogP contribution in [0, 0.1) is 0 Å². The van der Waals surface area contributed by atoms with Crippen LogP contribution in [0.4, 0.5) is 0 Å². The molecule has 0 N–H and O–H groups in total. The van der Waals surface area contributed by atoms with Crippen LogP contribution in [0.3, 0.4) is 0 Å². The van der Waals surface area contributed by atoms with Crippen LogP contribution in [-0.4, -0.2) is 34.3 Å². The molecule has 1 fully saturated rings. The van der Waals surface area contributed by atoms with E-state index in [0.717, 1.165) is 0 Å². The molecule has 1 aromatic heterocycles. The summed E-state index contributed by atoms with van der Waals surface area (Å²) in [6.07, 6.45) is 9.43. The summed E-state index contributed by atoms with van der Waals surface area (Å²) in [6, 6.07) is 0.621. The predicted octanol–water partition coefficient (Wildman–Crippen LogP) is 3.44. The van der Waals surface area contributed by atoms with Crippen molar-refractivity contribution in [3.05, 3.63) is 18.0 Å². The molecule has 0 amide bonds. The summed E-state index contributed by atoms with van der Waals surface area (Å²) < 4.78 is 2.20. The van der Waals surface area contributed by atoms with Crippen molar-refractivity contribution in [3.63, 3.8) is 0 Å². The molecule has 1 aliphatic heterocycles. The number of unbranched alkanes of at least 4 members (excludes halogenated alkanes) is 1. The van der Waals surface area contributed by atoms with Crippen molar-refractivity contribution in [1.82, 2.24) is 14.7 Å². The molecule has 2 rings (SSSR count). The van der Waals surface area contributed by atoms with Gasteiger partial charge in [-0.1, -0.05) is 27.2 Å². The number of piperidine rings is 1. The smallest absolute Gasteiger partial charge is 0.0543 e. The molecular weight excluding hydrogens is 222 g/mol. The summed E-state index contributed by atoms with van der Waals surface area (Å²) in [7, 11) is 0. The quantitative estimate of drug-likeness (QED) is 0.797. The fourth-order valence-corrected chi connectivity index (χ4v) is 2.64. The Labute approximate surface area is 111 Å². The molecule has 2 heterocycles. The van der Waals surface area contributed by atoms with Crippen molar-refractivity contribution in [2.75, 3.05) is 19.6 Å². The van der Waals surface area contributed by atoms with E-state index in [1.54, 1.807) is 0 Å². The first-order valence-electron chi connectivity index (χ1n) is 7.47. The fraction of sp³-hybridized carbons (Fsp3) is 0.800. The lowest BCUT2D eigenvalue weighted by molar-refractivity contribution is 0.178. The average molecular weight is 249 g/mol. The number of hydrogen-bond acceptors (Lipinski definition) is 2. The van der Waals surface area contributed by atoms with Gasteiger partial charge in [0, 0.05) is 19.3 Å². The molecule has 0 atom stereocenters. The molecule has 1 saturated heterocycles. The second-order valence-corrected chi connectivity index (χ2v) is 5.83. The van der Waals surface area contributed by atoms with Crippen molar-refractivity contribution < 1.29 is 0 Å². The van der Waals surface area contributed by atoms with Gasteiger partial charge in [0.2, 0.25) is 0 Å². The van der Waals surface area contributed by atoms with E-state index in [-0.39, 0.29) is 0 Å². The highest BCUT2D eigenvalue weighted by atomic mass is 15.3. The van der Waals surface area contributed by atoms with Crippen LogP contribution in [0.1, 0.15) is 64.0 Å². The van der Waals surface area contributed by atoms with Gasteiger partial charge in [0.1, 0.15) is 0 Å². The van der Waals surface area contributed by atoms with Gasteiger partial charge in [-0.25, -0.2) is 0 Å². The Kier molecular flexibility index (Phi) is 4.81. The minimum absolute atomic E-state index is 0.586. The van der Waals surface area contributed by atoms with Crippen LogP contribution in [0.25, 0.3) is 0 Å². The summed E-state index contributed by atoms with van der Waals surface area (Å²) in [5.74, 6) is 0.586. The Balaban J connectivity index is 1.85. The highest BCUT2D eigenvalue weighted by molar-refractivity contribution is 5.09. The Hall–Kier alpha value is -0.830. The van der Waals surface area contributed by atoms with Crippen LogP contribution in [-0.2, 0) is 0 Å². The van der Waals surface area contributed by atoms with Gasteiger partial charge < -0.3 is 4.90 Å². The summed E-state index contributed by atoms with van der Waals surface area (Å²) in [6.45, 7) is 10.5. The van der Waals surface area contributed by atoms with E-state index < -0.39 is 0 Å². The molecule has 18 heavy (non-hydrogen) atoms. The Morgan fingerprint density at radius 1 is 1.33 bits per heavy atom. The minimum Gasteiger partial charge on any atom is -0.303 e. The molecule has 1 aliphatic rings. The zero-order valence-electron chi connectivity index (χ0n) is 12.1. The van der Waals surface area contributed by atoms with Crippen molar-refractivity contribution >= 4 is 0 Å². The van der Waals surface area contributed by atoms with Crippen molar-refractivity contribution in [2.45, 2.75) is 58.4 Å². The van der Waals surface area contributed by atoms with Gasteiger partial charge in [0.05, 0.1) is 12.2 Å². The van der Waals surface area contributed by atoms with Gasteiger partial charge in [0.15, 0.2) is 0 Å². The van der Waals surface area contributed by atoms with E-state index >= 15 is 0 Å². The third-order valence-electron chi connectivity index (χ3n) is 4.05. The van der Waals surface area contributed by atoms with Gasteiger partial charge in [0.25, 0.3) is 0 Å². The van der Waals surface area contributed by atoms with Crippen LogP contribution in [0.5, 0.6) is 0 Å². The second-order valence-electron chi connectivity index (χ2n) is 5.83. The Morgan fingerprint density at radius 2 is 2.06 bits per heavy atom. The first-order valence-corrected chi connectivity index (χ1v) is 7.47. The lowest BCUT2D eigenvalue weighted by Gasteiger charge is -2.31. The molecule has 0 bridgehead atoms. The molecule has 0 spiro atoms. The number of likely N-dealkylation sites (tertiary alicyclic amines) is 1. The SMILES string of the molecule is CCCCN1CCC(n2cc(C(C)C)cn2)CC1. The molecule has 0 aromatic carbocycles. The van der Waals surface area contributed by atoms with E-state index in [0.29, 0.717) is 12.0 Å².